The Kier molecular flexibility index (Phi) is 4.33. The summed E-state index contributed by atoms with van der Waals surface area (Å²) in [5.41, 5.74) is 1.64. The Morgan fingerprint density at radius 2 is 1.81 bits per heavy atom. The number of esters is 1. The number of rotatable bonds is 4. The van der Waals surface area contributed by atoms with Crippen LogP contribution in [0.5, 0.6) is 0 Å². The van der Waals surface area contributed by atoms with Crippen LogP contribution >= 0.6 is 0 Å². The van der Waals surface area contributed by atoms with Gasteiger partial charge in [0.15, 0.2) is 0 Å². The molecule has 2 aromatic rings. The molecule has 0 amide bonds. The molecule has 108 valence electrons. The lowest BCUT2D eigenvalue weighted by molar-refractivity contribution is 0.0599. The van der Waals surface area contributed by atoms with Crippen molar-refractivity contribution in [3.63, 3.8) is 0 Å². The van der Waals surface area contributed by atoms with E-state index in [9.17, 15) is 14.0 Å². The Labute approximate surface area is 120 Å². The van der Waals surface area contributed by atoms with E-state index in [1.165, 1.54) is 31.4 Å². The highest BCUT2D eigenvalue weighted by atomic mass is 19.1. The molecule has 5 heteroatoms. The quantitative estimate of drug-likeness (QED) is 0.879. The van der Waals surface area contributed by atoms with Gasteiger partial charge in [-0.15, -0.1) is 0 Å². The second-order valence-electron chi connectivity index (χ2n) is 4.47. The van der Waals surface area contributed by atoms with E-state index in [1.807, 2.05) is 0 Å². The third-order valence-corrected chi connectivity index (χ3v) is 3.07. The van der Waals surface area contributed by atoms with E-state index in [4.69, 9.17) is 5.11 Å². The SMILES string of the molecule is COC(=O)c1cc(C(=O)O)ccc1Cc1ccc(F)cc1. The van der Waals surface area contributed by atoms with Crippen molar-refractivity contribution in [3.05, 3.63) is 70.5 Å². The summed E-state index contributed by atoms with van der Waals surface area (Å²) in [6.45, 7) is 0. The number of carbonyl (C=O) groups is 2. The Hall–Kier alpha value is -2.69. The van der Waals surface area contributed by atoms with Crippen molar-refractivity contribution in [2.24, 2.45) is 0 Å². The third kappa shape index (κ3) is 3.45. The minimum atomic E-state index is -1.12. The highest BCUT2D eigenvalue weighted by Crippen LogP contribution is 2.18. The number of aromatic carboxylic acids is 1. The van der Waals surface area contributed by atoms with Gasteiger partial charge in [-0.2, -0.15) is 0 Å². The van der Waals surface area contributed by atoms with Crippen LogP contribution in [0, 0.1) is 5.82 Å². The van der Waals surface area contributed by atoms with E-state index in [0.717, 1.165) is 5.56 Å². The Bertz CT molecular complexity index is 677. The molecule has 0 unspecified atom stereocenters. The van der Waals surface area contributed by atoms with Gasteiger partial charge < -0.3 is 9.84 Å². The maximum atomic E-state index is 12.9. The molecular weight excluding hydrogens is 275 g/mol. The number of benzene rings is 2. The average Bonchev–Trinajstić information content (AvgIpc) is 2.49. The van der Waals surface area contributed by atoms with E-state index < -0.39 is 11.9 Å². The Morgan fingerprint density at radius 3 is 2.38 bits per heavy atom. The molecule has 2 rings (SSSR count). The predicted octanol–water partition coefficient (Wildman–Crippen LogP) is 2.90. The number of carbonyl (C=O) groups excluding carboxylic acids is 1. The first kappa shape index (κ1) is 14.7. The zero-order valence-electron chi connectivity index (χ0n) is 11.3. The lowest BCUT2D eigenvalue weighted by atomic mass is 9.97. The van der Waals surface area contributed by atoms with Crippen molar-refractivity contribution in [1.82, 2.24) is 0 Å². The van der Waals surface area contributed by atoms with Crippen LogP contribution < -0.4 is 0 Å². The summed E-state index contributed by atoms with van der Waals surface area (Å²) in [4.78, 5) is 22.8. The van der Waals surface area contributed by atoms with Crippen molar-refractivity contribution >= 4 is 11.9 Å². The van der Waals surface area contributed by atoms with Crippen LogP contribution in [0.2, 0.25) is 0 Å². The van der Waals surface area contributed by atoms with Crippen molar-refractivity contribution in [2.75, 3.05) is 7.11 Å². The molecule has 0 spiro atoms. The topological polar surface area (TPSA) is 63.6 Å². The van der Waals surface area contributed by atoms with Gasteiger partial charge in [-0.1, -0.05) is 18.2 Å². The predicted molar refractivity (Wildman–Crippen MR) is 73.9 cm³/mol. The molecule has 0 aromatic heterocycles. The summed E-state index contributed by atoms with van der Waals surface area (Å²) < 4.78 is 17.6. The van der Waals surface area contributed by atoms with Crippen molar-refractivity contribution in [1.29, 1.82) is 0 Å². The van der Waals surface area contributed by atoms with Gasteiger partial charge in [-0.3, -0.25) is 0 Å². The highest BCUT2D eigenvalue weighted by Gasteiger charge is 2.15. The normalized spacial score (nSPS) is 10.2. The highest BCUT2D eigenvalue weighted by molar-refractivity contribution is 5.95. The monoisotopic (exact) mass is 288 g/mol. The molecule has 0 aliphatic rings. The Morgan fingerprint density at radius 1 is 1.14 bits per heavy atom. The molecule has 0 radical (unpaired) electrons. The third-order valence-electron chi connectivity index (χ3n) is 3.07. The fraction of sp³-hybridized carbons (Fsp3) is 0.125. The van der Waals surface area contributed by atoms with Crippen LogP contribution in [0.3, 0.4) is 0 Å². The summed E-state index contributed by atoms with van der Waals surface area (Å²) in [5.74, 6) is -2.06. The smallest absolute Gasteiger partial charge is 0.338 e. The van der Waals surface area contributed by atoms with E-state index >= 15 is 0 Å². The molecule has 0 heterocycles. The van der Waals surface area contributed by atoms with Gasteiger partial charge in [0.05, 0.1) is 18.2 Å². The number of ether oxygens (including phenoxy) is 1. The van der Waals surface area contributed by atoms with Crippen LogP contribution in [0.25, 0.3) is 0 Å². The maximum absolute atomic E-state index is 12.9. The molecule has 0 atom stereocenters. The molecule has 0 fully saturated rings. The Balaban J connectivity index is 2.40. The maximum Gasteiger partial charge on any atom is 0.338 e. The van der Waals surface area contributed by atoms with Crippen molar-refractivity contribution < 1.29 is 23.8 Å². The first-order chi connectivity index (χ1) is 10.0. The van der Waals surface area contributed by atoms with Gasteiger partial charge in [-0.05, 0) is 41.8 Å². The lowest BCUT2D eigenvalue weighted by Gasteiger charge is -2.09. The minimum absolute atomic E-state index is 0.0123. The molecule has 1 N–H and O–H groups in total. The van der Waals surface area contributed by atoms with E-state index in [-0.39, 0.29) is 16.9 Å². The van der Waals surface area contributed by atoms with E-state index in [2.05, 4.69) is 4.74 Å². The molecule has 21 heavy (non-hydrogen) atoms. The van der Waals surface area contributed by atoms with Gasteiger partial charge in [-0.25, -0.2) is 14.0 Å². The summed E-state index contributed by atoms with van der Waals surface area (Å²) in [6.07, 6.45) is 0.380. The minimum Gasteiger partial charge on any atom is -0.478 e. The van der Waals surface area contributed by atoms with Crippen LogP contribution in [0.4, 0.5) is 4.39 Å². The number of halogens is 1. The summed E-state index contributed by atoms with van der Waals surface area (Å²) in [5, 5.41) is 8.98. The molecule has 0 saturated carbocycles. The van der Waals surface area contributed by atoms with Crippen LogP contribution in [-0.4, -0.2) is 24.2 Å². The van der Waals surface area contributed by atoms with Crippen LogP contribution in [-0.2, 0) is 11.2 Å². The standard InChI is InChI=1S/C16H13FO4/c1-21-16(20)14-9-12(15(18)19)5-4-11(14)8-10-2-6-13(17)7-3-10/h2-7,9H,8H2,1H3,(H,18,19). The van der Waals surface area contributed by atoms with Crippen molar-refractivity contribution in [3.8, 4) is 0 Å². The summed E-state index contributed by atoms with van der Waals surface area (Å²) in [7, 11) is 1.23. The van der Waals surface area contributed by atoms with Crippen molar-refractivity contribution in [2.45, 2.75) is 6.42 Å². The first-order valence-corrected chi connectivity index (χ1v) is 6.20. The summed E-state index contributed by atoms with van der Waals surface area (Å²) in [6, 6.07) is 10.2. The fourth-order valence-corrected chi connectivity index (χ4v) is 1.99. The number of methoxy groups -OCH3 is 1. The summed E-state index contributed by atoms with van der Waals surface area (Å²) >= 11 is 0. The zero-order valence-corrected chi connectivity index (χ0v) is 11.3. The van der Waals surface area contributed by atoms with E-state index in [0.29, 0.717) is 12.0 Å². The molecular formula is C16H13FO4. The van der Waals surface area contributed by atoms with Gasteiger partial charge >= 0.3 is 11.9 Å². The molecule has 0 aliphatic carbocycles. The molecule has 2 aromatic carbocycles. The zero-order chi connectivity index (χ0) is 15.4. The van der Waals surface area contributed by atoms with E-state index in [1.54, 1.807) is 18.2 Å². The number of hydrogen-bond acceptors (Lipinski definition) is 3. The molecule has 0 aliphatic heterocycles. The number of carboxylic acids is 1. The fourth-order valence-electron chi connectivity index (χ4n) is 1.99. The molecule has 4 nitrogen and oxygen atoms in total. The lowest BCUT2D eigenvalue weighted by Crippen LogP contribution is -2.09. The average molecular weight is 288 g/mol. The van der Waals surface area contributed by atoms with Gasteiger partial charge in [0.2, 0.25) is 0 Å². The number of carboxylic acid groups (broad SMARTS) is 1. The van der Waals surface area contributed by atoms with Gasteiger partial charge in [0.1, 0.15) is 5.82 Å². The van der Waals surface area contributed by atoms with Gasteiger partial charge in [0.25, 0.3) is 0 Å². The first-order valence-electron chi connectivity index (χ1n) is 6.20. The second kappa shape index (κ2) is 6.17. The molecule has 0 saturated heterocycles. The molecule has 0 bridgehead atoms. The van der Waals surface area contributed by atoms with Crippen LogP contribution in [0.15, 0.2) is 42.5 Å². The second-order valence-corrected chi connectivity index (χ2v) is 4.47. The van der Waals surface area contributed by atoms with Crippen LogP contribution in [0.1, 0.15) is 31.8 Å². The number of hydrogen-bond donors (Lipinski definition) is 1. The largest absolute Gasteiger partial charge is 0.478 e. The van der Waals surface area contributed by atoms with Gasteiger partial charge in [0, 0.05) is 0 Å².